The zero-order valence-corrected chi connectivity index (χ0v) is 16.4. The summed E-state index contributed by atoms with van der Waals surface area (Å²) in [5, 5.41) is 10.4. The van der Waals surface area contributed by atoms with E-state index >= 15 is 0 Å². The standard InChI is InChI=1S/C20H30N6O/c1-16-24-19(27-25-16)10-11-22-20(21-2)23-14-17-6-8-18(9-7-17)15-26-12-4-3-5-13-26/h6-9H,3-5,10-15H2,1-2H3,(H2,21,22,23). The summed E-state index contributed by atoms with van der Waals surface area (Å²) in [5.41, 5.74) is 2.63. The number of aryl methyl sites for hydroxylation is 1. The van der Waals surface area contributed by atoms with Gasteiger partial charge in [0.1, 0.15) is 0 Å². The smallest absolute Gasteiger partial charge is 0.228 e. The number of aromatic nitrogens is 2. The lowest BCUT2D eigenvalue weighted by molar-refractivity contribution is 0.221. The number of hydrogen-bond donors (Lipinski definition) is 2. The van der Waals surface area contributed by atoms with E-state index in [1.165, 1.54) is 43.5 Å². The van der Waals surface area contributed by atoms with Gasteiger partial charge in [0, 0.05) is 33.1 Å². The molecule has 0 radical (unpaired) electrons. The van der Waals surface area contributed by atoms with Gasteiger partial charge < -0.3 is 15.2 Å². The van der Waals surface area contributed by atoms with Crippen LogP contribution < -0.4 is 10.6 Å². The molecule has 1 aliphatic rings. The number of guanidine groups is 1. The first-order valence-corrected chi connectivity index (χ1v) is 9.77. The second-order valence-electron chi connectivity index (χ2n) is 6.99. The summed E-state index contributed by atoms with van der Waals surface area (Å²) in [7, 11) is 1.77. The van der Waals surface area contributed by atoms with Gasteiger partial charge in [0.2, 0.25) is 5.89 Å². The van der Waals surface area contributed by atoms with Crippen molar-refractivity contribution in [1.29, 1.82) is 0 Å². The molecule has 3 rings (SSSR count). The number of benzene rings is 1. The Morgan fingerprint density at radius 2 is 1.85 bits per heavy atom. The zero-order valence-electron chi connectivity index (χ0n) is 16.4. The highest BCUT2D eigenvalue weighted by Gasteiger charge is 2.10. The first-order chi connectivity index (χ1) is 13.2. The van der Waals surface area contributed by atoms with Crippen molar-refractivity contribution >= 4 is 5.96 Å². The van der Waals surface area contributed by atoms with Gasteiger partial charge in [-0.2, -0.15) is 4.98 Å². The fourth-order valence-corrected chi connectivity index (χ4v) is 3.27. The molecule has 7 heteroatoms. The van der Waals surface area contributed by atoms with Gasteiger partial charge in [-0.1, -0.05) is 35.8 Å². The molecule has 27 heavy (non-hydrogen) atoms. The van der Waals surface area contributed by atoms with E-state index < -0.39 is 0 Å². The van der Waals surface area contributed by atoms with Gasteiger partial charge in [0.25, 0.3) is 0 Å². The Morgan fingerprint density at radius 1 is 1.11 bits per heavy atom. The van der Waals surface area contributed by atoms with Crippen molar-refractivity contribution in [2.24, 2.45) is 4.99 Å². The average molecular weight is 371 g/mol. The van der Waals surface area contributed by atoms with E-state index in [4.69, 9.17) is 4.52 Å². The van der Waals surface area contributed by atoms with Gasteiger partial charge in [-0.3, -0.25) is 9.89 Å². The maximum absolute atomic E-state index is 5.11. The van der Waals surface area contributed by atoms with Gasteiger partial charge in [-0.05, 0) is 44.0 Å². The van der Waals surface area contributed by atoms with Crippen LogP contribution in [0, 0.1) is 6.92 Å². The third kappa shape index (κ3) is 6.36. The molecule has 0 aliphatic carbocycles. The van der Waals surface area contributed by atoms with Crippen molar-refractivity contribution in [3.8, 4) is 0 Å². The average Bonchev–Trinajstić information content (AvgIpc) is 3.11. The van der Waals surface area contributed by atoms with E-state index in [0.717, 1.165) is 19.0 Å². The highest BCUT2D eigenvalue weighted by Crippen LogP contribution is 2.13. The Labute approximate surface area is 161 Å². The number of piperidine rings is 1. The Bertz CT molecular complexity index is 718. The minimum Gasteiger partial charge on any atom is -0.356 e. The van der Waals surface area contributed by atoms with Crippen LogP contribution in [0.5, 0.6) is 0 Å². The van der Waals surface area contributed by atoms with Crippen molar-refractivity contribution in [2.75, 3.05) is 26.7 Å². The van der Waals surface area contributed by atoms with Gasteiger partial charge in [-0.25, -0.2) is 0 Å². The highest BCUT2D eigenvalue weighted by atomic mass is 16.5. The maximum atomic E-state index is 5.11. The number of rotatable bonds is 7. The molecule has 2 aromatic rings. The predicted molar refractivity (Wildman–Crippen MR) is 107 cm³/mol. The van der Waals surface area contributed by atoms with Gasteiger partial charge in [0.15, 0.2) is 11.8 Å². The minimum atomic E-state index is 0.639. The molecule has 0 amide bonds. The molecule has 1 fully saturated rings. The van der Waals surface area contributed by atoms with Crippen LogP contribution in [0.3, 0.4) is 0 Å². The van der Waals surface area contributed by atoms with E-state index in [2.05, 4.69) is 54.9 Å². The number of likely N-dealkylation sites (tertiary alicyclic amines) is 1. The number of nitrogens with one attached hydrogen (secondary N) is 2. The van der Waals surface area contributed by atoms with E-state index in [1.54, 1.807) is 7.05 Å². The van der Waals surface area contributed by atoms with Crippen LogP contribution in [0.4, 0.5) is 0 Å². The second-order valence-corrected chi connectivity index (χ2v) is 6.99. The fourth-order valence-electron chi connectivity index (χ4n) is 3.27. The summed E-state index contributed by atoms with van der Waals surface area (Å²) in [4.78, 5) is 11.0. The van der Waals surface area contributed by atoms with Crippen LogP contribution in [0.2, 0.25) is 0 Å². The van der Waals surface area contributed by atoms with Gasteiger partial charge >= 0.3 is 0 Å². The molecule has 2 N–H and O–H groups in total. The summed E-state index contributed by atoms with van der Waals surface area (Å²) < 4.78 is 5.11. The zero-order chi connectivity index (χ0) is 18.9. The number of hydrogen-bond acceptors (Lipinski definition) is 5. The molecular formula is C20H30N6O. The monoisotopic (exact) mass is 370 g/mol. The van der Waals surface area contributed by atoms with Crippen molar-refractivity contribution in [3.63, 3.8) is 0 Å². The molecule has 1 aromatic carbocycles. The number of aliphatic imine (C=N–C) groups is 1. The van der Waals surface area contributed by atoms with Crippen molar-refractivity contribution in [2.45, 2.75) is 45.7 Å². The van der Waals surface area contributed by atoms with Crippen LogP contribution in [0.25, 0.3) is 0 Å². The van der Waals surface area contributed by atoms with Crippen LogP contribution in [0.1, 0.15) is 42.1 Å². The Kier molecular flexibility index (Phi) is 7.21. The highest BCUT2D eigenvalue weighted by molar-refractivity contribution is 5.79. The van der Waals surface area contributed by atoms with Gasteiger partial charge in [-0.15, -0.1) is 0 Å². The lowest BCUT2D eigenvalue weighted by Gasteiger charge is -2.26. The predicted octanol–water partition coefficient (Wildman–Crippen LogP) is 2.27. The quantitative estimate of drug-likeness (QED) is 0.575. The lowest BCUT2D eigenvalue weighted by Crippen LogP contribution is -2.37. The molecule has 1 aromatic heterocycles. The molecule has 0 spiro atoms. The Balaban J connectivity index is 1.39. The molecule has 0 bridgehead atoms. The first kappa shape index (κ1) is 19.4. The van der Waals surface area contributed by atoms with Crippen molar-refractivity contribution < 1.29 is 4.52 Å². The number of nitrogens with zero attached hydrogens (tertiary/aromatic N) is 4. The molecular weight excluding hydrogens is 340 g/mol. The summed E-state index contributed by atoms with van der Waals surface area (Å²) in [6.07, 6.45) is 4.72. The summed E-state index contributed by atoms with van der Waals surface area (Å²) in [5.74, 6) is 2.07. The van der Waals surface area contributed by atoms with E-state index in [0.29, 0.717) is 24.7 Å². The Hall–Kier alpha value is -2.41. The first-order valence-electron chi connectivity index (χ1n) is 9.77. The van der Waals surface area contributed by atoms with Crippen LogP contribution in [0.15, 0.2) is 33.8 Å². The fraction of sp³-hybridized carbons (Fsp3) is 0.550. The third-order valence-electron chi connectivity index (χ3n) is 4.76. The topological polar surface area (TPSA) is 78.6 Å². The third-order valence-corrected chi connectivity index (χ3v) is 4.76. The molecule has 1 saturated heterocycles. The molecule has 1 aliphatic heterocycles. The summed E-state index contributed by atoms with van der Waals surface area (Å²) >= 11 is 0. The minimum absolute atomic E-state index is 0.639. The second kappa shape index (κ2) is 10.1. The molecule has 0 atom stereocenters. The lowest BCUT2D eigenvalue weighted by atomic mass is 10.1. The van der Waals surface area contributed by atoms with Gasteiger partial charge in [0.05, 0.1) is 0 Å². The SMILES string of the molecule is CN=C(NCCc1nc(C)no1)NCc1ccc(CN2CCCCC2)cc1. The normalized spacial score (nSPS) is 15.7. The van der Waals surface area contributed by atoms with Crippen LogP contribution >= 0.6 is 0 Å². The van der Waals surface area contributed by atoms with E-state index in [-0.39, 0.29) is 0 Å². The summed E-state index contributed by atoms with van der Waals surface area (Å²) in [6, 6.07) is 8.86. The van der Waals surface area contributed by atoms with Crippen molar-refractivity contribution in [3.05, 3.63) is 47.1 Å². The molecule has 2 heterocycles. The Morgan fingerprint density at radius 3 is 2.52 bits per heavy atom. The molecule has 0 saturated carbocycles. The summed E-state index contributed by atoms with van der Waals surface area (Å²) in [6.45, 7) is 6.77. The molecule has 146 valence electrons. The van der Waals surface area contributed by atoms with E-state index in [1.807, 2.05) is 6.92 Å². The molecule has 7 nitrogen and oxygen atoms in total. The van der Waals surface area contributed by atoms with E-state index in [9.17, 15) is 0 Å². The maximum Gasteiger partial charge on any atom is 0.228 e. The van der Waals surface area contributed by atoms with Crippen LogP contribution in [-0.2, 0) is 19.5 Å². The van der Waals surface area contributed by atoms with Crippen molar-refractivity contribution in [1.82, 2.24) is 25.7 Å². The largest absolute Gasteiger partial charge is 0.356 e. The molecule has 0 unspecified atom stereocenters. The van der Waals surface area contributed by atoms with Crippen LogP contribution in [-0.4, -0.2) is 47.7 Å².